The number of ketones is 1. The van der Waals surface area contributed by atoms with Gasteiger partial charge in [-0.1, -0.05) is 0 Å². The van der Waals surface area contributed by atoms with E-state index in [0.29, 0.717) is 17.8 Å². The summed E-state index contributed by atoms with van der Waals surface area (Å²) in [5.74, 6) is -0.471. The lowest BCUT2D eigenvalue weighted by molar-refractivity contribution is 0.0588. The molecule has 0 aliphatic heterocycles. The Morgan fingerprint density at radius 3 is 2.57 bits per heavy atom. The number of aromatic nitrogens is 1. The maximum Gasteiger partial charge on any atom is 0.354 e. The first-order chi connectivity index (χ1) is 6.60. The number of ether oxygens (including phenoxy) is 1. The Kier molecular flexibility index (Phi) is 3.06. The number of carbonyl (C=O) groups excluding carboxylic acids is 2. The van der Waals surface area contributed by atoms with Crippen LogP contribution in [0.25, 0.3) is 0 Å². The Labute approximate surface area is 82.5 Å². The summed E-state index contributed by atoms with van der Waals surface area (Å²) < 4.78 is 6.30. The predicted molar refractivity (Wildman–Crippen MR) is 51.5 cm³/mol. The van der Waals surface area contributed by atoms with Crippen molar-refractivity contribution in [1.29, 1.82) is 0 Å². The van der Waals surface area contributed by atoms with Crippen LogP contribution in [0, 0.1) is 0 Å². The minimum atomic E-state index is -0.417. The summed E-state index contributed by atoms with van der Waals surface area (Å²) in [6.45, 7) is 4.00. The highest BCUT2D eigenvalue weighted by molar-refractivity contribution is 5.97. The van der Waals surface area contributed by atoms with E-state index in [0.717, 1.165) is 0 Å². The van der Waals surface area contributed by atoms with Crippen LogP contribution in [-0.2, 0) is 11.3 Å². The molecule has 0 fully saturated rings. The molecular formula is C10H13NO3. The molecule has 0 atom stereocenters. The first kappa shape index (κ1) is 10.5. The second-order valence-electron chi connectivity index (χ2n) is 2.95. The minimum absolute atomic E-state index is 0.0534. The van der Waals surface area contributed by atoms with Crippen molar-refractivity contribution >= 4 is 11.8 Å². The van der Waals surface area contributed by atoms with Crippen molar-refractivity contribution < 1.29 is 14.3 Å². The Morgan fingerprint density at radius 2 is 2.14 bits per heavy atom. The maximum atomic E-state index is 11.3. The van der Waals surface area contributed by atoms with Gasteiger partial charge in [-0.25, -0.2) is 4.79 Å². The van der Waals surface area contributed by atoms with Crippen LogP contribution < -0.4 is 0 Å². The van der Waals surface area contributed by atoms with Crippen LogP contribution >= 0.6 is 0 Å². The summed E-state index contributed by atoms with van der Waals surface area (Å²) in [5, 5.41) is 0. The number of hydrogen-bond donors (Lipinski definition) is 0. The minimum Gasteiger partial charge on any atom is -0.464 e. The zero-order valence-electron chi connectivity index (χ0n) is 8.53. The molecular weight excluding hydrogens is 182 g/mol. The van der Waals surface area contributed by atoms with Crippen molar-refractivity contribution in [1.82, 2.24) is 4.57 Å². The molecule has 14 heavy (non-hydrogen) atoms. The quantitative estimate of drug-likeness (QED) is 0.542. The summed E-state index contributed by atoms with van der Waals surface area (Å²) in [5.41, 5.74) is 0.951. The molecule has 0 radical (unpaired) electrons. The van der Waals surface area contributed by atoms with Crippen LogP contribution in [-0.4, -0.2) is 23.4 Å². The zero-order valence-corrected chi connectivity index (χ0v) is 8.53. The molecule has 1 aromatic rings. The van der Waals surface area contributed by atoms with Crippen molar-refractivity contribution in [3.05, 3.63) is 23.5 Å². The number of esters is 1. The fourth-order valence-electron chi connectivity index (χ4n) is 1.24. The van der Waals surface area contributed by atoms with Gasteiger partial charge >= 0.3 is 5.97 Å². The number of Topliss-reactive ketones (excluding diaryl/α,β-unsaturated/α-hetero) is 1. The molecule has 4 nitrogen and oxygen atoms in total. The molecule has 0 aliphatic carbocycles. The van der Waals surface area contributed by atoms with Crippen LogP contribution in [0.15, 0.2) is 12.3 Å². The van der Waals surface area contributed by atoms with Crippen molar-refractivity contribution in [2.75, 3.05) is 7.11 Å². The van der Waals surface area contributed by atoms with Crippen molar-refractivity contribution in [2.45, 2.75) is 20.4 Å². The number of carbonyl (C=O) groups is 2. The average molecular weight is 195 g/mol. The second kappa shape index (κ2) is 4.09. The summed E-state index contributed by atoms with van der Waals surface area (Å²) in [7, 11) is 1.32. The molecule has 0 spiro atoms. The first-order valence-corrected chi connectivity index (χ1v) is 4.39. The lowest BCUT2D eigenvalue weighted by Gasteiger charge is -2.02. The van der Waals surface area contributed by atoms with E-state index in [-0.39, 0.29) is 5.78 Å². The van der Waals surface area contributed by atoms with Crippen LogP contribution in [0.1, 0.15) is 34.7 Å². The van der Waals surface area contributed by atoms with Gasteiger partial charge in [-0.2, -0.15) is 0 Å². The lowest BCUT2D eigenvalue weighted by Crippen LogP contribution is -2.08. The molecule has 1 heterocycles. The van der Waals surface area contributed by atoms with E-state index in [1.807, 2.05) is 6.92 Å². The van der Waals surface area contributed by atoms with Gasteiger partial charge < -0.3 is 9.30 Å². The SMILES string of the molecule is CCn1cc(C(C)=O)cc1C(=O)OC. The van der Waals surface area contributed by atoms with Gasteiger partial charge in [0.2, 0.25) is 0 Å². The van der Waals surface area contributed by atoms with E-state index >= 15 is 0 Å². The van der Waals surface area contributed by atoms with E-state index in [4.69, 9.17) is 0 Å². The van der Waals surface area contributed by atoms with Crippen LogP contribution in [0.5, 0.6) is 0 Å². The van der Waals surface area contributed by atoms with E-state index < -0.39 is 5.97 Å². The molecule has 0 aliphatic rings. The third-order valence-electron chi connectivity index (χ3n) is 2.04. The Hall–Kier alpha value is -1.58. The third kappa shape index (κ3) is 1.84. The van der Waals surface area contributed by atoms with E-state index in [9.17, 15) is 9.59 Å². The smallest absolute Gasteiger partial charge is 0.354 e. The fraction of sp³-hybridized carbons (Fsp3) is 0.400. The fourth-order valence-corrected chi connectivity index (χ4v) is 1.24. The van der Waals surface area contributed by atoms with Crippen LogP contribution in [0.3, 0.4) is 0 Å². The number of methoxy groups -OCH3 is 1. The summed E-state index contributed by atoms with van der Waals surface area (Å²) in [4.78, 5) is 22.3. The third-order valence-corrected chi connectivity index (χ3v) is 2.04. The average Bonchev–Trinajstić information content (AvgIpc) is 2.60. The Balaban J connectivity index is 3.15. The van der Waals surface area contributed by atoms with Gasteiger partial charge in [0.05, 0.1) is 7.11 Å². The van der Waals surface area contributed by atoms with Gasteiger partial charge in [0.25, 0.3) is 0 Å². The topological polar surface area (TPSA) is 48.3 Å². The van der Waals surface area contributed by atoms with Crippen LogP contribution in [0.2, 0.25) is 0 Å². The highest BCUT2D eigenvalue weighted by Crippen LogP contribution is 2.10. The largest absolute Gasteiger partial charge is 0.464 e. The van der Waals surface area contributed by atoms with Gasteiger partial charge in [-0.05, 0) is 19.9 Å². The second-order valence-corrected chi connectivity index (χ2v) is 2.95. The van der Waals surface area contributed by atoms with E-state index in [2.05, 4.69) is 4.74 Å². The predicted octanol–water partition coefficient (Wildman–Crippen LogP) is 1.50. The first-order valence-electron chi connectivity index (χ1n) is 4.39. The summed E-state index contributed by atoms with van der Waals surface area (Å²) in [6.07, 6.45) is 1.66. The molecule has 1 rings (SSSR count). The molecule has 0 bridgehead atoms. The highest BCUT2D eigenvalue weighted by atomic mass is 16.5. The molecule has 0 unspecified atom stereocenters. The van der Waals surface area contributed by atoms with Gasteiger partial charge in [-0.3, -0.25) is 4.79 Å². The molecule has 0 saturated heterocycles. The van der Waals surface area contributed by atoms with Crippen LogP contribution in [0.4, 0.5) is 0 Å². The molecule has 4 heteroatoms. The summed E-state index contributed by atoms with van der Waals surface area (Å²) in [6, 6.07) is 1.55. The van der Waals surface area contributed by atoms with Crippen molar-refractivity contribution in [2.24, 2.45) is 0 Å². The van der Waals surface area contributed by atoms with Gasteiger partial charge in [-0.15, -0.1) is 0 Å². The molecule has 0 amide bonds. The molecule has 1 aromatic heterocycles. The Morgan fingerprint density at radius 1 is 1.50 bits per heavy atom. The van der Waals surface area contributed by atoms with E-state index in [1.165, 1.54) is 14.0 Å². The van der Waals surface area contributed by atoms with Crippen molar-refractivity contribution in [3.63, 3.8) is 0 Å². The highest BCUT2D eigenvalue weighted by Gasteiger charge is 2.14. The Bertz CT molecular complexity index is 365. The number of aryl methyl sites for hydroxylation is 1. The molecule has 0 aromatic carbocycles. The molecule has 0 saturated carbocycles. The summed E-state index contributed by atoms with van der Waals surface area (Å²) >= 11 is 0. The van der Waals surface area contributed by atoms with Gasteiger partial charge in [0.1, 0.15) is 5.69 Å². The normalized spacial score (nSPS) is 9.93. The van der Waals surface area contributed by atoms with Gasteiger partial charge in [0, 0.05) is 18.3 Å². The number of hydrogen-bond acceptors (Lipinski definition) is 3. The monoisotopic (exact) mass is 195 g/mol. The molecule has 0 N–H and O–H groups in total. The standard InChI is InChI=1S/C10H13NO3/c1-4-11-6-8(7(2)12)5-9(11)10(13)14-3/h5-6H,4H2,1-3H3. The zero-order chi connectivity index (χ0) is 10.7. The van der Waals surface area contributed by atoms with Gasteiger partial charge in [0.15, 0.2) is 5.78 Å². The number of nitrogens with zero attached hydrogens (tertiary/aromatic N) is 1. The van der Waals surface area contributed by atoms with E-state index in [1.54, 1.807) is 16.8 Å². The maximum absolute atomic E-state index is 11.3. The molecule has 76 valence electrons. The lowest BCUT2D eigenvalue weighted by atomic mass is 10.2. The number of rotatable bonds is 3. The van der Waals surface area contributed by atoms with Crippen molar-refractivity contribution in [3.8, 4) is 0 Å².